The second-order valence-corrected chi connectivity index (χ2v) is 5.75. The van der Waals surface area contributed by atoms with Gasteiger partial charge in [-0.05, 0) is 49.4 Å². The highest BCUT2D eigenvalue weighted by molar-refractivity contribution is 5.92. The van der Waals surface area contributed by atoms with Crippen LogP contribution >= 0.6 is 0 Å². The lowest BCUT2D eigenvalue weighted by Crippen LogP contribution is -2.07. The standard InChI is InChI=1S/C19H19N3O4/c1-3-26-19(25)12-4-7-14(8-5-12)20-11-17-21-15-10-13(18(23)24)6-9-16(15)22(17)2/h4-10,20H,3,11H2,1-2H3,(H,23,24). The van der Waals surface area contributed by atoms with Gasteiger partial charge < -0.3 is 19.7 Å². The van der Waals surface area contributed by atoms with Crippen molar-refractivity contribution in [1.82, 2.24) is 9.55 Å². The molecule has 1 heterocycles. The minimum absolute atomic E-state index is 0.213. The van der Waals surface area contributed by atoms with Crippen LogP contribution in [0.4, 0.5) is 5.69 Å². The van der Waals surface area contributed by atoms with Gasteiger partial charge in [-0.15, -0.1) is 0 Å². The number of imidazole rings is 1. The fraction of sp³-hybridized carbons (Fsp3) is 0.211. The highest BCUT2D eigenvalue weighted by atomic mass is 16.5. The SMILES string of the molecule is CCOC(=O)c1ccc(NCc2nc3cc(C(=O)O)ccc3n2C)cc1. The van der Waals surface area contributed by atoms with Crippen molar-refractivity contribution < 1.29 is 19.4 Å². The number of hydrogen-bond acceptors (Lipinski definition) is 5. The van der Waals surface area contributed by atoms with Crippen LogP contribution < -0.4 is 5.32 Å². The van der Waals surface area contributed by atoms with E-state index in [4.69, 9.17) is 9.84 Å². The summed E-state index contributed by atoms with van der Waals surface area (Å²) in [6.45, 7) is 2.57. The zero-order valence-corrected chi connectivity index (χ0v) is 14.5. The van der Waals surface area contributed by atoms with E-state index < -0.39 is 5.97 Å². The van der Waals surface area contributed by atoms with Gasteiger partial charge in [0.15, 0.2) is 0 Å². The molecule has 1 aromatic heterocycles. The van der Waals surface area contributed by atoms with Crippen molar-refractivity contribution in [3.8, 4) is 0 Å². The third kappa shape index (κ3) is 3.51. The Morgan fingerprint density at radius 3 is 2.50 bits per heavy atom. The molecule has 26 heavy (non-hydrogen) atoms. The molecule has 0 aliphatic rings. The quantitative estimate of drug-likeness (QED) is 0.662. The third-order valence-electron chi connectivity index (χ3n) is 4.07. The molecule has 0 saturated carbocycles. The number of hydrogen-bond donors (Lipinski definition) is 2. The number of ether oxygens (including phenoxy) is 1. The van der Waals surface area contributed by atoms with Gasteiger partial charge in [0.25, 0.3) is 0 Å². The molecule has 0 aliphatic heterocycles. The highest BCUT2D eigenvalue weighted by Crippen LogP contribution is 2.18. The Balaban J connectivity index is 1.74. The molecule has 0 saturated heterocycles. The molecule has 7 nitrogen and oxygen atoms in total. The van der Waals surface area contributed by atoms with Crippen LogP contribution in [-0.4, -0.2) is 33.2 Å². The first-order valence-corrected chi connectivity index (χ1v) is 8.19. The number of aromatic nitrogens is 2. The van der Waals surface area contributed by atoms with Gasteiger partial charge in [0.05, 0.1) is 35.3 Å². The van der Waals surface area contributed by atoms with E-state index in [1.54, 1.807) is 49.4 Å². The van der Waals surface area contributed by atoms with Gasteiger partial charge in [0.2, 0.25) is 0 Å². The lowest BCUT2D eigenvalue weighted by atomic mass is 10.2. The predicted octanol–water partition coefficient (Wildman–Crippen LogP) is 3.06. The summed E-state index contributed by atoms with van der Waals surface area (Å²) in [5.41, 5.74) is 3.06. The van der Waals surface area contributed by atoms with Crippen LogP contribution in [0.25, 0.3) is 11.0 Å². The van der Waals surface area contributed by atoms with Crippen molar-refractivity contribution in [3.63, 3.8) is 0 Å². The zero-order valence-electron chi connectivity index (χ0n) is 14.5. The maximum atomic E-state index is 11.7. The Morgan fingerprint density at radius 1 is 1.15 bits per heavy atom. The first-order valence-electron chi connectivity index (χ1n) is 8.19. The fourth-order valence-corrected chi connectivity index (χ4v) is 2.66. The number of carbonyl (C=O) groups is 2. The number of anilines is 1. The summed E-state index contributed by atoms with van der Waals surface area (Å²) in [5.74, 6) is -0.542. The average molecular weight is 353 g/mol. The van der Waals surface area contributed by atoms with Crippen LogP contribution in [0.3, 0.4) is 0 Å². The lowest BCUT2D eigenvalue weighted by molar-refractivity contribution is 0.0526. The first-order chi connectivity index (χ1) is 12.5. The normalized spacial score (nSPS) is 10.7. The van der Waals surface area contributed by atoms with E-state index in [1.807, 2.05) is 11.6 Å². The van der Waals surface area contributed by atoms with E-state index in [0.29, 0.717) is 24.2 Å². The van der Waals surface area contributed by atoms with Crippen molar-refractivity contribution in [3.05, 3.63) is 59.4 Å². The van der Waals surface area contributed by atoms with Gasteiger partial charge >= 0.3 is 11.9 Å². The Morgan fingerprint density at radius 2 is 1.85 bits per heavy atom. The van der Waals surface area contributed by atoms with E-state index in [-0.39, 0.29) is 11.5 Å². The summed E-state index contributed by atoms with van der Waals surface area (Å²) in [5, 5.41) is 12.3. The number of nitrogens with one attached hydrogen (secondary N) is 1. The van der Waals surface area contributed by atoms with Gasteiger partial charge in [-0.25, -0.2) is 14.6 Å². The molecule has 0 fully saturated rings. The monoisotopic (exact) mass is 353 g/mol. The molecule has 7 heteroatoms. The summed E-state index contributed by atoms with van der Waals surface area (Å²) in [6, 6.07) is 11.9. The molecule has 0 aliphatic carbocycles. The predicted molar refractivity (Wildman–Crippen MR) is 97.4 cm³/mol. The van der Waals surface area contributed by atoms with Crippen LogP contribution in [-0.2, 0) is 18.3 Å². The molecule has 0 atom stereocenters. The topological polar surface area (TPSA) is 93.4 Å². The molecule has 0 spiro atoms. The Kier molecular flexibility index (Phi) is 4.88. The zero-order chi connectivity index (χ0) is 18.7. The summed E-state index contributed by atoms with van der Waals surface area (Å²) in [4.78, 5) is 27.2. The van der Waals surface area contributed by atoms with Gasteiger partial charge in [-0.1, -0.05) is 0 Å². The molecule has 0 bridgehead atoms. The van der Waals surface area contributed by atoms with Crippen molar-refractivity contribution in [2.75, 3.05) is 11.9 Å². The van der Waals surface area contributed by atoms with Gasteiger partial charge in [0.1, 0.15) is 5.82 Å². The third-order valence-corrected chi connectivity index (χ3v) is 4.07. The van der Waals surface area contributed by atoms with Gasteiger partial charge in [-0.2, -0.15) is 0 Å². The Hall–Kier alpha value is -3.35. The number of carboxylic acid groups (broad SMARTS) is 1. The highest BCUT2D eigenvalue weighted by Gasteiger charge is 2.11. The number of benzene rings is 2. The van der Waals surface area contributed by atoms with E-state index in [9.17, 15) is 9.59 Å². The largest absolute Gasteiger partial charge is 0.478 e. The second kappa shape index (κ2) is 7.26. The maximum Gasteiger partial charge on any atom is 0.338 e. The molecular formula is C19H19N3O4. The van der Waals surface area contributed by atoms with Crippen molar-refractivity contribution in [2.24, 2.45) is 7.05 Å². The molecule has 2 N–H and O–H groups in total. The summed E-state index contributed by atoms with van der Waals surface area (Å²) < 4.78 is 6.88. The smallest absolute Gasteiger partial charge is 0.338 e. The maximum absolute atomic E-state index is 11.7. The van der Waals surface area contributed by atoms with Crippen molar-refractivity contribution in [1.29, 1.82) is 0 Å². The Bertz CT molecular complexity index is 961. The number of fused-ring (bicyclic) bond motifs is 1. The molecule has 0 amide bonds. The molecule has 3 rings (SSSR count). The summed E-state index contributed by atoms with van der Waals surface area (Å²) in [7, 11) is 1.89. The number of rotatable bonds is 6. The number of nitrogens with zero attached hydrogens (tertiary/aromatic N) is 2. The van der Waals surface area contributed by atoms with E-state index in [2.05, 4.69) is 10.3 Å². The van der Waals surface area contributed by atoms with Gasteiger partial charge in [0, 0.05) is 12.7 Å². The number of carboxylic acids is 1. The van der Waals surface area contributed by atoms with Crippen LogP contribution in [0.1, 0.15) is 33.5 Å². The fourth-order valence-electron chi connectivity index (χ4n) is 2.66. The number of carbonyl (C=O) groups excluding carboxylic acids is 1. The molecule has 0 unspecified atom stereocenters. The lowest BCUT2D eigenvalue weighted by Gasteiger charge is -2.08. The molecule has 2 aromatic carbocycles. The molecule has 0 radical (unpaired) electrons. The van der Waals surface area contributed by atoms with E-state index in [0.717, 1.165) is 17.0 Å². The first kappa shape index (κ1) is 17.5. The number of aromatic carboxylic acids is 1. The minimum Gasteiger partial charge on any atom is -0.478 e. The summed E-state index contributed by atoms with van der Waals surface area (Å²) >= 11 is 0. The van der Waals surface area contributed by atoms with Crippen LogP contribution in [0.5, 0.6) is 0 Å². The van der Waals surface area contributed by atoms with Crippen LogP contribution in [0, 0.1) is 0 Å². The number of esters is 1. The van der Waals surface area contributed by atoms with E-state index in [1.165, 1.54) is 0 Å². The van der Waals surface area contributed by atoms with Crippen molar-refractivity contribution >= 4 is 28.7 Å². The molecule has 134 valence electrons. The van der Waals surface area contributed by atoms with E-state index >= 15 is 0 Å². The summed E-state index contributed by atoms with van der Waals surface area (Å²) in [6.07, 6.45) is 0. The second-order valence-electron chi connectivity index (χ2n) is 5.75. The molecular weight excluding hydrogens is 334 g/mol. The molecule has 3 aromatic rings. The van der Waals surface area contributed by atoms with Crippen LogP contribution in [0.15, 0.2) is 42.5 Å². The minimum atomic E-state index is -0.973. The number of aryl methyl sites for hydroxylation is 1. The van der Waals surface area contributed by atoms with Crippen LogP contribution in [0.2, 0.25) is 0 Å². The van der Waals surface area contributed by atoms with Gasteiger partial charge in [-0.3, -0.25) is 0 Å². The Labute approximate surface area is 150 Å². The van der Waals surface area contributed by atoms with Crippen molar-refractivity contribution in [2.45, 2.75) is 13.5 Å². The average Bonchev–Trinajstić information content (AvgIpc) is 2.96.